The highest BCUT2D eigenvalue weighted by Gasteiger charge is 2.20. The third-order valence-electron chi connectivity index (χ3n) is 3.92. The van der Waals surface area contributed by atoms with E-state index in [9.17, 15) is 4.79 Å². The summed E-state index contributed by atoms with van der Waals surface area (Å²) in [5.74, 6) is 0.232. The molecule has 110 valence electrons. The molecule has 1 aromatic rings. The fraction of sp³-hybridized carbons (Fsp3) is 0.562. The fourth-order valence-electron chi connectivity index (χ4n) is 2.51. The van der Waals surface area contributed by atoms with E-state index in [0.717, 1.165) is 31.7 Å². The van der Waals surface area contributed by atoms with Crippen LogP contribution in [0.2, 0.25) is 0 Å². The lowest BCUT2D eigenvalue weighted by Gasteiger charge is -2.36. The van der Waals surface area contributed by atoms with Crippen LogP contribution >= 0.6 is 11.8 Å². The lowest BCUT2D eigenvalue weighted by atomic mass is 10.1. The Bertz CT molecular complexity index is 436. The molecule has 1 heterocycles. The number of piperazine rings is 1. The van der Waals surface area contributed by atoms with E-state index in [0.29, 0.717) is 12.6 Å². The minimum Gasteiger partial charge on any atom is -0.298 e. The van der Waals surface area contributed by atoms with Gasteiger partial charge in [-0.15, -0.1) is 11.8 Å². The summed E-state index contributed by atoms with van der Waals surface area (Å²) in [5.41, 5.74) is 0.828. The third-order valence-corrected chi connectivity index (χ3v) is 4.66. The van der Waals surface area contributed by atoms with E-state index in [1.54, 1.807) is 11.8 Å². The molecule has 1 aliphatic heterocycles. The molecule has 0 aromatic heterocycles. The van der Waals surface area contributed by atoms with Crippen molar-refractivity contribution in [2.75, 3.05) is 39.0 Å². The maximum absolute atomic E-state index is 12.3. The molecule has 1 saturated heterocycles. The Labute approximate surface area is 126 Å². The van der Waals surface area contributed by atoms with Crippen LogP contribution in [0, 0.1) is 0 Å². The summed E-state index contributed by atoms with van der Waals surface area (Å²) < 4.78 is 0. The van der Waals surface area contributed by atoms with Crippen molar-refractivity contribution < 1.29 is 4.79 Å². The van der Waals surface area contributed by atoms with E-state index in [4.69, 9.17) is 0 Å². The minimum absolute atomic E-state index is 0.232. The second-order valence-corrected chi connectivity index (χ2v) is 6.44. The first kappa shape index (κ1) is 15.5. The Balaban J connectivity index is 1.85. The molecule has 0 amide bonds. The molecule has 0 saturated carbocycles. The number of nitrogens with zero attached hydrogens (tertiary/aromatic N) is 2. The van der Waals surface area contributed by atoms with Crippen molar-refractivity contribution in [1.29, 1.82) is 0 Å². The molecule has 1 aromatic carbocycles. The lowest BCUT2D eigenvalue weighted by Crippen LogP contribution is -2.50. The summed E-state index contributed by atoms with van der Waals surface area (Å²) >= 11 is 1.70. The van der Waals surface area contributed by atoms with Gasteiger partial charge in [-0.3, -0.25) is 14.6 Å². The summed E-state index contributed by atoms with van der Waals surface area (Å²) in [6.07, 6.45) is 2.05. The van der Waals surface area contributed by atoms with Gasteiger partial charge in [0.1, 0.15) is 0 Å². The summed E-state index contributed by atoms with van der Waals surface area (Å²) in [4.78, 5) is 18.2. The maximum Gasteiger partial charge on any atom is 0.176 e. The molecule has 3 nitrogen and oxygen atoms in total. The van der Waals surface area contributed by atoms with E-state index < -0.39 is 0 Å². The van der Waals surface area contributed by atoms with Crippen LogP contribution in [-0.4, -0.2) is 60.6 Å². The summed E-state index contributed by atoms with van der Waals surface area (Å²) in [6, 6.07) is 8.53. The van der Waals surface area contributed by atoms with Gasteiger partial charge in [-0.2, -0.15) is 0 Å². The first-order valence-electron chi connectivity index (χ1n) is 7.24. The number of rotatable bonds is 5. The standard InChI is InChI=1S/C16H24N2OS/c1-13(2)18-10-8-17(9-11-18)12-16(19)14-4-6-15(20-3)7-5-14/h4-7,13H,8-12H2,1-3H3. The van der Waals surface area contributed by atoms with Crippen LogP contribution in [0.15, 0.2) is 29.2 Å². The Morgan fingerprint density at radius 1 is 1.15 bits per heavy atom. The third kappa shape index (κ3) is 4.08. The molecule has 0 aliphatic carbocycles. The summed E-state index contributed by atoms with van der Waals surface area (Å²) in [7, 11) is 0. The van der Waals surface area contributed by atoms with Crippen LogP contribution in [0.3, 0.4) is 0 Å². The normalized spacial score (nSPS) is 17.6. The highest BCUT2D eigenvalue weighted by Crippen LogP contribution is 2.15. The molecule has 0 unspecified atom stereocenters. The molecule has 0 atom stereocenters. The Kier molecular flexibility index (Phi) is 5.64. The molecule has 1 aliphatic rings. The van der Waals surface area contributed by atoms with Gasteiger partial charge in [0, 0.05) is 42.7 Å². The monoisotopic (exact) mass is 292 g/mol. The number of carbonyl (C=O) groups is 1. The Hall–Kier alpha value is -0.840. The number of hydrogen-bond donors (Lipinski definition) is 0. The highest BCUT2D eigenvalue weighted by molar-refractivity contribution is 7.98. The zero-order valence-corrected chi connectivity index (χ0v) is 13.4. The van der Waals surface area contributed by atoms with Crippen molar-refractivity contribution in [2.45, 2.75) is 24.8 Å². The topological polar surface area (TPSA) is 23.6 Å². The molecule has 0 N–H and O–H groups in total. The van der Waals surface area contributed by atoms with Gasteiger partial charge in [0.15, 0.2) is 5.78 Å². The quantitative estimate of drug-likeness (QED) is 0.615. The van der Waals surface area contributed by atoms with Gasteiger partial charge < -0.3 is 0 Å². The molecule has 0 bridgehead atoms. The minimum atomic E-state index is 0.232. The fourth-order valence-corrected chi connectivity index (χ4v) is 2.92. The molecule has 4 heteroatoms. The maximum atomic E-state index is 12.3. The van der Waals surface area contributed by atoms with Crippen LogP contribution < -0.4 is 0 Å². The van der Waals surface area contributed by atoms with E-state index in [1.807, 2.05) is 30.5 Å². The van der Waals surface area contributed by atoms with Gasteiger partial charge >= 0.3 is 0 Å². The van der Waals surface area contributed by atoms with Crippen LogP contribution in [-0.2, 0) is 0 Å². The SMILES string of the molecule is CSc1ccc(C(=O)CN2CCN(C(C)C)CC2)cc1. The van der Waals surface area contributed by atoms with Gasteiger partial charge in [-0.1, -0.05) is 12.1 Å². The zero-order chi connectivity index (χ0) is 14.5. The first-order chi connectivity index (χ1) is 9.60. The Morgan fingerprint density at radius 3 is 2.25 bits per heavy atom. The number of hydrogen-bond acceptors (Lipinski definition) is 4. The van der Waals surface area contributed by atoms with Gasteiger partial charge in [0.25, 0.3) is 0 Å². The zero-order valence-electron chi connectivity index (χ0n) is 12.6. The predicted octanol–water partition coefficient (Wildman–Crippen LogP) is 2.62. The van der Waals surface area contributed by atoms with Crippen molar-refractivity contribution >= 4 is 17.5 Å². The molecule has 2 rings (SSSR count). The van der Waals surface area contributed by atoms with E-state index >= 15 is 0 Å². The first-order valence-corrected chi connectivity index (χ1v) is 8.46. The van der Waals surface area contributed by atoms with Gasteiger partial charge in [-0.05, 0) is 32.2 Å². The van der Waals surface area contributed by atoms with Crippen molar-refractivity contribution in [1.82, 2.24) is 9.80 Å². The average Bonchev–Trinajstić information content (AvgIpc) is 2.48. The summed E-state index contributed by atoms with van der Waals surface area (Å²) in [6.45, 7) is 9.12. The molecular weight excluding hydrogens is 268 g/mol. The second-order valence-electron chi connectivity index (χ2n) is 5.56. The van der Waals surface area contributed by atoms with Crippen molar-refractivity contribution in [3.05, 3.63) is 29.8 Å². The van der Waals surface area contributed by atoms with Crippen LogP contribution in [0.5, 0.6) is 0 Å². The van der Waals surface area contributed by atoms with Crippen LogP contribution in [0.25, 0.3) is 0 Å². The van der Waals surface area contributed by atoms with Gasteiger partial charge in [-0.25, -0.2) is 0 Å². The second kappa shape index (κ2) is 7.25. The van der Waals surface area contributed by atoms with Crippen molar-refractivity contribution in [3.63, 3.8) is 0 Å². The van der Waals surface area contributed by atoms with Gasteiger partial charge in [0.2, 0.25) is 0 Å². The molecular formula is C16H24N2OS. The summed E-state index contributed by atoms with van der Waals surface area (Å²) in [5, 5.41) is 0. The number of ketones is 1. The average molecular weight is 292 g/mol. The van der Waals surface area contributed by atoms with E-state index in [-0.39, 0.29) is 5.78 Å². The number of benzene rings is 1. The van der Waals surface area contributed by atoms with Crippen molar-refractivity contribution in [2.24, 2.45) is 0 Å². The molecule has 1 fully saturated rings. The molecule has 20 heavy (non-hydrogen) atoms. The number of thioether (sulfide) groups is 1. The molecule has 0 spiro atoms. The number of carbonyl (C=O) groups excluding carboxylic acids is 1. The largest absolute Gasteiger partial charge is 0.298 e. The highest BCUT2D eigenvalue weighted by atomic mass is 32.2. The lowest BCUT2D eigenvalue weighted by molar-refractivity contribution is 0.0807. The number of Topliss-reactive ketones (excluding diaryl/α,β-unsaturated/α-hetero) is 1. The van der Waals surface area contributed by atoms with Crippen LogP contribution in [0.1, 0.15) is 24.2 Å². The van der Waals surface area contributed by atoms with Crippen LogP contribution in [0.4, 0.5) is 0 Å². The Morgan fingerprint density at radius 2 is 1.75 bits per heavy atom. The van der Waals surface area contributed by atoms with E-state index in [2.05, 4.69) is 23.6 Å². The van der Waals surface area contributed by atoms with Crippen molar-refractivity contribution in [3.8, 4) is 0 Å². The van der Waals surface area contributed by atoms with E-state index in [1.165, 1.54) is 4.90 Å². The smallest absolute Gasteiger partial charge is 0.176 e. The van der Waals surface area contributed by atoms with Gasteiger partial charge in [0.05, 0.1) is 6.54 Å². The molecule has 0 radical (unpaired) electrons. The predicted molar refractivity (Wildman–Crippen MR) is 85.7 cm³/mol.